The number of aromatic nitrogens is 2. The fourth-order valence-corrected chi connectivity index (χ4v) is 2.89. The summed E-state index contributed by atoms with van der Waals surface area (Å²) >= 11 is 6.29. The summed E-state index contributed by atoms with van der Waals surface area (Å²) in [6, 6.07) is 10.7. The Labute approximate surface area is 126 Å². The summed E-state index contributed by atoms with van der Waals surface area (Å²) in [6.07, 6.45) is 2.16. The van der Waals surface area contributed by atoms with Gasteiger partial charge >= 0.3 is 0 Å². The van der Waals surface area contributed by atoms with Gasteiger partial charge in [0.25, 0.3) is 0 Å². The van der Waals surface area contributed by atoms with Gasteiger partial charge in [0, 0.05) is 17.3 Å². The van der Waals surface area contributed by atoms with E-state index >= 15 is 0 Å². The van der Waals surface area contributed by atoms with Gasteiger partial charge in [-0.1, -0.05) is 17.7 Å². The van der Waals surface area contributed by atoms with Crippen LogP contribution in [0.4, 0.5) is 10.1 Å². The first-order chi connectivity index (χ1) is 10.1. The number of anilines is 1. The van der Waals surface area contributed by atoms with Crippen LogP contribution in [0.1, 0.15) is 18.9 Å². The average Bonchev–Trinajstić information content (AvgIpc) is 3.22. The number of imidazole rings is 1. The summed E-state index contributed by atoms with van der Waals surface area (Å²) in [5.74, 6) is 0.378. The Morgan fingerprint density at radius 3 is 2.81 bits per heavy atom. The van der Waals surface area contributed by atoms with Crippen LogP contribution in [0, 0.1) is 5.82 Å². The second kappa shape index (κ2) is 4.46. The third kappa shape index (κ3) is 1.98. The molecule has 0 unspecified atom stereocenters. The standard InChI is InChI=1S/C16H13ClFN3/c17-12-7-4-9(19)8-11(12)16-20-15-13(18)2-1-3-14(15)21(16)10-5-6-10/h1-4,7-8,10H,5-6,19H2. The Balaban J connectivity index is 2.06. The zero-order chi connectivity index (χ0) is 14.6. The van der Waals surface area contributed by atoms with E-state index in [2.05, 4.69) is 9.55 Å². The van der Waals surface area contributed by atoms with E-state index in [0.717, 1.165) is 23.9 Å². The number of para-hydroxylation sites is 1. The van der Waals surface area contributed by atoms with Crippen LogP contribution in [-0.2, 0) is 0 Å². The van der Waals surface area contributed by atoms with E-state index in [9.17, 15) is 4.39 Å². The number of nitrogen functional groups attached to an aromatic ring is 1. The maximum Gasteiger partial charge on any atom is 0.151 e. The molecule has 5 heteroatoms. The lowest BCUT2D eigenvalue weighted by molar-refractivity contribution is 0.637. The lowest BCUT2D eigenvalue weighted by Crippen LogP contribution is -1.98. The third-order valence-electron chi connectivity index (χ3n) is 3.81. The molecule has 0 spiro atoms. The van der Waals surface area contributed by atoms with Gasteiger partial charge in [0.15, 0.2) is 5.82 Å². The number of nitrogens with zero attached hydrogens (tertiary/aromatic N) is 2. The molecule has 2 aromatic carbocycles. The maximum absolute atomic E-state index is 14.0. The Bertz CT molecular complexity index is 852. The average molecular weight is 302 g/mol. The van der Waals surface area contributed by atoms with Crippen molar-refractivity contribution >= 4 is 28.3 Å². The van der Waals surface area contributed by atoms with Crippen LogP contribution in [0.15, 0.2) is 36.4 Å². The third-order valence-corrected chi connectivity index (χ3v) is 4.14. The number of hydrogen-bond acceptors (Lipinski definition) is 2. The van der Waals surface area contributed by atoms with E-state index in [1.54, 1.807) is 24.3 Å². The number of halogens is 2. The molecule has 1 saturated carbocycles. The van der Waals surface area contributed by atoms with Crippen molar-refractivity contribution in [1.82, 2.24) is 9.55 Å². The summed E-state index contributed by atoms with van der Waals surface area (Å²) in [4.78, 5) is 4.49. The predicted molar refractivity (Wildman–Crippen MR) is 82.8 cm³/mol. The van der Waals surface area contributed by atoms with Gasteiger partial charge in [-0.15, -0.1) is 0 Å². The first-order valence-corrected chi connectivity index (χ1v) is 7.25. The second-order valence-corrected chi connectivity index (χ2v) is 5.79. The lowest BCUT2D eigenvalue weighted by atomic mass is 10.2. The first kappa shape index (κ1) is 12.7. The molecule has 0 aliphatic heterocycles. The smallest absolute Gasteiger partial charge is 0.151 e. The molecule has 0 amide bonds. The van der Waals surface area contributed by atoms with Crippen molar-refractivity contribution in [2.24, 2.45) is 0 Å². The van der Waals surface area contributed by atoms with E-state index in [0.29, 0.717) is 28.1 Å². The molecule has 1 aromatic heterocycles. The molecule has 1 fully saturated rings. The molecule has 1 heterocycles. The van der Waals surface area contributed by atoms with Gasteiger partial charge in [-0.05, 0) is 43.2 Å². The van der Waals surface area contributed by atoms with Gasteiger partial charge in [0.05, 0.1) is 10.5 Å². The Morgan fingerprint density at radius 1 is 1.24 bits per heavy atom. The van der Waals surface area contributed by atoms with Crippen LogP contribution in [0.5, 0.6) is 0 Å². The van der Waals surface area contributed by atoms with Crippen molar-refractivity contribution in [3.05, 3.63) is 47.2 Å². The van der Waals surface area contributed by atoms with Crippen molar-refractivity contribution in [2.45, 2.75) is 18.9 Å². The Morgan fingerprint density at radius 2 is 2.05 bits per heavy atom. The highest BCUT2D eigenvalue weighted by atomic mass is 35.5. The van der Waals surface area contributed by atoms with Crippen molar-refractivity contribution in [1.29, 1.82) is 0 Å². The number of benzene rings is 2. The van der Waals surface area contributed by atoms with Crippen LogP contribution >= 0.6 is 11.6 Å². The summed E-state index contributed by atoms with van der Waals surface area (Å²) in [5.41, 5.74) is 8.42. The molecule has 3 aromatic rings. The van der Waals surface area contributed by atoms with Crippen LogP contribution in [-0.4, -0.2) is 9.55 Å². The highest BCUT2D eigenvalue weighted by Crippen LogP contribution is 2.43. The molecule has 1 aliphatic rings. The molecule has 0 radical (unpaired) electrons. The van der Waals surface area contributed by atoms with Gasteiger partial charge in [0.1, 0.15) is 11.3 Å². The molecular formula is C16H13ClFN3. The quantitative estimate of drug-likeness (QED) is 0.712. The van der Waals surface area contributed by atoms with Gasteiger partial charge in [0.2, 0.25) is 0 Å². The van der Waals surface area contributed by atoms with Crippen LogP contribution in [0.3, 0.4) is 0 Å². The maximum atomic E-state index is 14.0. The van der Waals surface area contributed by atoms with Gasteiger partial charge in [-0.25, -0.2) is 9.37 Å². The molecule has 106 valence electrons. The topological polar surface area (TPSA) is 43.8 Å². The number of nitrogens with two attached hydrogens (primary N) is 1. The van der Waals surface area contributed by atoms with Crippen molar-refractivity contribution in [3.63, 3.8) is 0 Å². The number of fused-ring (bicyclic) bond motifs is 1. The SMILES string of the molecule is Nc1ccc(Cl)c(-c2nc3c(F)cccc3n2C2CC2)c1. The van der Waals surface area contributed by atoms with Gasteiger partial charge < -0.3 is 10.3 Å². The summed E-state index contributed by atoms with van der Waals surface area (Å²) < 4.78 is 16.1. The molecule has 0 atom stereocenters. The predicted octanol–water partition coefficient (Wildman–Crippen LogP) is 4.41. The van der Waals surface area contributed by atoms with E-state index < -0.39 is 0 Å². The van der Waals surface area contributed by atoms with E-state index in [1.165, 1.54) is 6.07 Å². The van der Waals surface area contributed by atoms with Crippen LogP contribution in [0.25, 0.3) is 22.4 Å². The molecule has 21 heavy (non-hydrogen) atoms. The minimum atomic E-state index is -0.312. The highest BCUT2D eigenvalue weighted by Gasteiger charge is 2.30. The second-order valence-electron chi connectivity index (χ2n) is 5.38. The summed E-state index contributed by atoms with van der Waals surface area (Å²) in [5, 5.41) is 0.571. The van der Waals surface area contributed by atoms with Crippen LogP contribution in [0.2, 0.25) is 5.02 Å². The molecule has 0 bridgehead atoms. The van der Waals surface area contributed by atoms with Crippen LogP contribution < -0.4 is 5.73 Å². The number of hydrogen-bond donors (Lipinski definition) is 1. The van der Waals surface area contributed by atoms with Crippen molar-refractivity contribution in [2.75, 3.05) is 5.73 Å². The van der Waals surface area contributed by atoms with Crippen molar-refractivity contribution < 1.29 is 4.39 Å². The monoisotopic (exact) mass is 301 g/mol. The first-order valence-electron chi connectivity index (χ1n) is 6.87. The minimum absolute atomic E-state index is 0.312. The van der Waals surface area contributed by atoms with E-state index in [4.69, 9.17) is 17.3 Å². The van der Waals surface area contributed by atoms with Gasteiger partial charge in [-0.2, -0.15) is 0 Å². The van der Waals surface area contributed by atoms with Gasteiger partial charge in [-0.3, -0.25) is 0 Å². The fraction of sp³-hybridized carbons (Fsp3) is 0.188. The summed E-state index contributed by atoms with van der Waals surface area (Å²) in [6.45, 7) is 0. The van der Waals surface area contributed by atoms with E-state index in [1.807, 2.05) is 6.07 Å². The lowest BCUT2D eigenvalue weighted by Gasteiger charge is -2.09. The minimum Gasteiger partial charge on any atom is -0.399 e. The normalized spacial score (nSPS) is 14.8. The van der Waals surface area contributed by atoms with E-state index in [-0.39, 0.29) is 5.82 Å². The number of rotatable bonds is 2. The molecule has 1 aliphatic carbocycles. The highest BCUT2D eigenvalue weighted by molar-refractivity contribution is 6.33. The fourth-order valence-electron chi connectivity index (χ4n) is 2.69. The zero-order valence-electron chi connectivity index (χ0n) is 11.2. The molecule has 0 saturated heterocycles. The summed E-state index contributed by atoms with van der Waals surface area (Å²) in [7, 11) is 0. The zero-order valence-corrected chi connectivity index (χ0v) is 11.9. The molecular weight excluding hydrogens is 289 g/mol. The Hall–Kier alpha value is -2.07. The van der Waals surface area contributed by atoms with Crippen molar-refractivity contribution in [3.8, 4) is 11.4 Å². The Kier molecular flexibility index (Phi) is 2.69. The molecule has 3 nitrogen and oxygen atoms in total. The largest absolute Gasteiger partial charge is 0.399 e. The molecule has 4 rings (SSSR count). The molecule has 2 N–H and O–H groups in total.